The predicted molar refractivity (Wildman–Crippen MR) is 58.7 cm³/mol. The van der Waals surface area contributed by atoms with Crippen LogP contribution in [0.5, 0.6) is 0 Å². The third kappa shape index (κ3) is 2.70. The van der Waals surface area contributed by atoms with Gasteiger partial charge in [0.1, 0.15) is 0 Å². The summed E-state index contributed by atoms with van der Waals surface area (Å²) in [5.74, 6) is 0. The Morgan fingerprint density at radius 1 is 0.923 bits per heavy atom. The molecule has 0 bridgehead atoms. The van der Waals surface area contributed by atoms with Crippen molar-refractivity contribution in [2.75, 3.05) is 0 Å². The van der Waals surface area contributed by atoms with Crippen LogP contribution in [-0.4, -0.2) is 5.54 Å². The SMILES string of the molecule is CC(C)(N)C1(C)CCCCCCC1. The van der Waals surface area contributed by atoms with Gasteiger partial charge in [-0.15, -0.1) is 0 Å². The van der Waals surface area contributed by atoms with Crippen molar-refractivity contribution < 1.29 is 0 Å². The van der Waals surface area contributed by atoms with Gasteiger partial charge in [-0.05, 0) is 32.1 Å². The Balaban J connectivity index is 2.62. The molecule has 1 heteroatoms. The summed E-state index contributed by atoms with van der Waals surface area (Å²) in [7, 11) is 0. The Hall–Kier alpha value is -0.0400. The minimum absolute atomic E-state index is 0.00958. The zero-order valence-electron chi connectivity index (χ0n) is 9.53. The minimum Gasteiger partial charge on any atom is -0.325 e. The molecule has 1 aliphatic carbocycles. The molecule has 0 atom stereocenters. The highest BCUT2D eigenvalue weighted by Crippen LogP contribution is 2.41. The van der Waals surface area contributed by atoms with E-state index in [1.165, 1.54) is 44.9 Å². The number of rotatable bonds is 1. The largest absolute Gasteiger partial charge is 0.325 e. The fourth-order valence-electron chi connectivity index (χ4n) is 2.33. The summed E-state index contributed by atoms with van der Waals surface area (Å²) in [6, 6.07) is 0. The van der Waals surface area contributed by atoms with Crippen molar-refractivity contribution in [3.05, 3.63) is 0 Å². The Morgan fingerprint density at radius 2 is 1.31 bits per heavy atom. The van der Waals surface area contributed by atoms with E-state index in [2.05, 4.69) is 20.8 Å². The standard InChI is InChI=1S/C12H25N/c1-11(2,13)12(3)9-7-5-4-6-8-10-12/h4-10,13H2,1-3H3. The van der Waals surface area contributed by atoms with E-state index in [0.717, 1.165) is 0 Å². The summed E-state index contributed by atoms with van der Waals surface area (Å²) in [6.45, 7) is 6.75. The van der Waals surface area contributed by atoms with Gasteiger partial charge in [0.25, 0.3) is 0 Å². The lowest BCUT2D eigenvalue weighted by atomic mass is 9.66. The average Bonchev–Trinajstić information content (AvgIpc) is 1.94. The zero-order valence-corrected chi connectivity index (χ0v) is 9.53. The summed E-state index contributed by atoms with van der Waals surface area (Å²) in [4.78, 5) is 0. The monoisotopic (exact) mass is 183 g/mol. The van der Waals surface area contributed by atoms with Crippen LogP contribution in [0.2, 0.25) is 0 Å². The molecule has 1 saturated carbocycles. The topological polar surface area (TPSA) is 26.0 Å². The molecule has 0 amide bonds. The lowest BCUT2D eigenvalue weighted by molar-refractivity contribution is 0.128. The highest BCUT2D eigenvalue weighted by molar-refractivity contribution is 4.93. The van der Waals surface area contributed by atoms with E-state index in [1.54, 1.807) is 0 Å². The molecule has 0 saturated heterocycles. The first-order chi connectivity index (χ1) is 5.96. The molecule has 2 N–H and O–H groups in total. The van der Waals surface area contributed by atoms with Gasteiger partial charge in [0.05, 0.1) is 0 Å². The van der Waals surface area contributed by atoms with Gasteiger partial charge in [-0.1, -0.05) is 39.0 Å². The molecule has 0 unspecified atom stereocenters. The van der Waals surface area contributed by atoms with E-state index >= 15 is 0 Å². The second-order valence-corrected chi connectivity index (χ2v) is 5.55. The number of hydrogen-bond acceptors (Lipinski definition) is 1. The molecule has 0 aliphatic heterocycles. The first-order valence-electron chi connectivity index (χ1n) is 5.75. The maximum atomic E-state index is 6.26. The molecular weight excluding hydrogens is 158 g/mol. The van der Waals surface area contributed by atoms with Crippen LogP contribution in [0.4, 0.5) is 0 Å². The summed E-state index contributed by atoms with van der Waals surface area (Å²) in [5.41, 5.74) is 6.62. The van der Waals surface area contributed by atoms with Gasteiger partial charge in [0.2, 0.25) is 0 Å². The van der Waals surface area contributed by atoms with Crippen LogP contribution in [0, 0.1) is 5.41 Å². The number of nitrogens with two attached hydrogens (primary N) is 1. The van der Waals surface area contributed by atoms with E-state index in [4.69, 9.17) is 5.73 Å². The summed E-state index contributed by atoms with van der Waals surface area (Å²) in [6.07, 6.45) is 9.62. The van der Waals surface area contributed by atoms with E-state index in [0.29, 0.717) is 5.41 Å². The molecule has 1 aliphatic rings. The smallest absolute Gasteiger partial charge is 0.0151 e. The van der Waals surface area contributed by atoms with Crippen LogP contribution in [-0.2, 0) is 0 Å². The highest BCUT2D eigenvalue weighted by Gasteiger charge is 2.37. The summed E-state index contributed by atoms with van der Waals surface area (Å²) >= 11 is 0. The Bertz CT molecular complexity index is 147. The molecule has 0 aromatic rings. The van der Waals surface area contributed by atoms with Crippen molar-refractivity contribution in [1.29, 1.82) is 0 Å². The second-order valence-electron chi connectivity index (χ2n) is 5.55. The molecule has 0 heterocycles. The molecule has 0 spiro atoms. The lowest BCUT2D eigenvalue weighted by Crippen LogP contribution is -2.49. The Morgan fingerprint density at radius 3 is 1.69 bits per heavy atom. The van der Waals surface area contributed by atoms with Crippen molar-refractivity contribution in [1.82, 2.24) is 0 Å². The van der Waals surface area contributed by atoms with Crippen molar-refractivity contribution in [3.8, 4) is 0 Å². The van der Waals surface area contributed by atoms with Crippen molar-refractivity contribution in [3.63, 3.8) is 0 Å². The van der Waals surface area contributed by atoms with Crippen molar-refractivity contribution in [2.45, 2.75) is 71.3 Å². The van der Waals surface area contributed by atoms with Gasteiger partial charge < -0.3 is 5.73 Å². The van der Waals surface area contributed by atoms with Gasteiger partial charge in [0.15, 0.2) is 0 Å². The molecule has 13 heavy (non-hydrogen) atoms. The second kappa shape index (κ2) is 4.00. The number of hydrogen-bond donors (Lipinski definition) is 1. The third-order valence-electron chi connectivity index (χ3n) is 4.01. The summed E-state index contributed by atoms with van der Waals surface area (Å²) < 4.78 is 0. The van der Waals surface area contributed by atoms with Crippen LogP contribution >= 0.6 is 0 Å². The van der Waals surface area contributed by atoms with E-state index < -0.39 is 0 Å². The molecule has 0 aromatic heterocycles. The van der Waals surface area contributed by atoms with Gasteiger partial charge >= 0.3 is 0 Å². The van der Waals surface area contributed by atoms with E-state index in [1.807, 2.05) is 0 Å². The van der Waals surface area contributed by atoms with Crippen LogP contribution in [0.15, 0.2) is 0 Å². The van der Waals surface area contributed by atoms with Gasteiger partial charge in [-0.3, -0.25) is 0 Å². The highest BCUT2D eigenvalue weighted by atomic mass is 14.8. The fraction of sp³-hybridized carbons (Fsp3) is 1.00. The fourth-order valence-corrected chi connectivity index (χ4v) is 2.33. The minimum atomic E-state index is -0.00958. The lowest BCUT2D eigenvalue weighted by Gasteiger charge is -2.43. The normalized spacial score (nSPS) is 24.9. The Kier molecular flexibility index (Phi) is 3.39. The predicted octanol–water partition coefficient (Wildman–Crippen LogP) is 3.47. The van der Waals surface area contributed by atoms with Crippen molar-refractivity contribution >= 4 is 0 Å². The average molecular weight is 183 g/mol. The van der Waals surface area contributed by atoms with Gasteiger partial charge in [0, 0.05) is 5.54 Å². The molecule has 1 fully saturated rings. The quantitative estimate of drug-likeness (QED) is 0.662. The molecule has 1 rings (SSSR count). The molecule has 78 valence electrons. The maximum absolute atomic E-state index is 6.26. The zero-order chi connectivity index (χ0) is 9.95. The van der Waals surface area contributed by atoms with Crippen LogP contribution < -0.4 is 5.73 Å². The van der Waals surface area contributed by atoms with Gasteiger partial charge in [-0.25, -0.2) is 0 Å². The first kappa shape index (κ1) is 11.0. The van der Waals surface area contributed by atoms with Crippen LogP contribution in [0.1, 0.15) is 65.7 Å². The molecule has 0 aromatic carbocycles. The molecule has 0 radical (unpaired) electrons. The van der Waals surface area contributed by atoms with Crippen molar-refractivity contribution in [2.24, 2.45) is 11.1 Å². The Labute approximate surface area is 83.1 Å². The maximum Gasteiger partial charge on any atom is 0.0151 e. The van der Waals surface area contributed by atoms with Crippen LogP contribution in [0.25, 0.3) is 0 Å². The molecule has 1 nitrogen and oxygen atoms in total. The first-order valence-corrected chi connectivity index (χ1v) is 5.75. The van der Waals surface area contributed by atoms with Crippen LogP contribution in [0.3, 0.4) is 0 Å². The van der Waals surface area contributed by atoms with E-state index in [-0.39, 0.29) is 5.54 Å². The third-order valence-corrected chi connectivity index (χ3v) is 4.01. The summed E-state index contributed by atoms with van der Waals surface area (Å²) in [5, 5.41) is 0. The van der Waals surface area contributed by atoms with Gasteiger partial charge in [-0.2, -0.15) is 0 Å². The van der Waals surface area contributed by atoms with E-state index in [9.17, 15) is 0 Å². The molecular formula is C12H25N.